The van der Waals surface area contributed by atoms with Crippen molar-refractivity contribution in [2.24, 2.45) is 0 Å². The fourth-order valence-corrected chi connectivity index (χ4v) is 2.83. The van der Waals surface area contributed by atoms with Crippen molar-refractivity contribution < 1.29 is 9.21 Å². The average Bonchev–Trinajstić information content (AvgIpc) is 2.87. The van der Waals surface area contributed by atoms with Crippen LogP contribution in [0.1, 0.15) is 16.1 Å². The maximum Gasteiger partial charge on any atom is 0.265 e. The van der Waals surface area contributed by atoms with Crippen LogP contribution in [0.5, 0.6) is 0 Å². The molecule has 3 heterocycles. The monoisotopic (exact) mass is 316 g/mol. The van der Waals surface area contributed by atoms with Crippen LogP contribution in [0, 0.1) is 6.92 Å². The number of amides is 1. The number of carbonyl (C=O) groups is 1. The van der Waals surface area contributed by atoms with Gasteiger partial charge in [-0.15, -0.1) is 6.58 Å². The van der Waals surface area contributed by atoms with Crippen LogP contribution >= 0.6 is 0 Å². The number of likely N-dealkylation sites (N-methyl/N-ethyl adjacent to an activating group) is 1. The Balaban J connectivity index is 2.07. The molecule has 2 aromatic rings. The Kier molecular flexibility index (Phi) is 4.04. The topological polar surface area (TPSA) is 71.6 Å². The number of hydrogen-bond acceptors (Lipinski definition) is 5. The zero-order valence-electron chi connectivity index (χ0n) is 13.4. The smallest absolute Gasteiger partial charge is 0.265 e. The predicted octanol–water partition coefficient (Wildman–Crippen LogP) is 0.872. The molecule has 1 saturated heterocycles. The fourth-order valence-electron chi connectivity index (χ4n) is 2.83. The number of carbonyl (C=O) groups excluding carboxylic acids is 1. The molecule has 122 valence electrons. The van der Waals surface area contributed by atoms with Crippen molar-refractivity contribution in [1.29, 1.82) is 0 Å². The molecule has 7 heteroatoms. The molecule has 0 bridgehead atoms. The molecular weight excluding hydrogens is 296 g/mol. The summed E-state index contributed by atoms with van der Waals surface area (Å²) in [7, 11) is 2.03. The van der Waals surface area contributed by atoms with Gasteiger partial charge in [0.1, 0.15) is 17.5 Å². The third kappa shape index (κ3) is 2.68. The van der Waals surface area contributed by atoms with Crippen molar-refractivity contribution in [3.8, 4) is 0 Å². The van der Waals surface area contributed by atoms with E-state index in [2.05, 4.69) is 16.5 Å². The second-order valence-corrected chi connectivity index (χ2v) is 5.80. The number of furan rings is 1. The van der Waals surface area contributed by atoms with Crippen LogP contribution < -0.4 is 5.56 Å². The Bertz CT molecular complexity index is 813. The summed E-state index contributed by atoms with van der Waals surface area (Å²) in [6.45, 7) is 8.59. The predicted molar refractivity (Wildman–Crippen MR) is 86.6 cm³/mol. The number of piperazine rings is 1. The van der Waals surface area contributed by atoms with Crippen molar-refractivity contribution >= 4 is 17.0 Å². The van der Waals surface area contributed by atoms with Gasteiger partial charge in [-0.05, 0) is 14.0 Å². The van der Waals surface area contributed by atoms with Crippen LogP contribution in [-0.4, -0.2) is 58.5 Å². The molecule has 0 atom stereocenters. The number of aryl methyl sites for hydroxylation is 1. The molecule has 0 spiro atoms. The van der Waals surface area contributed by atoms with E-state index in [1.165, 1.54) is 10.9 Å². The average molecular weight is 316 g/mol. The number of allylic oxidation sites excluding steroid dienone is 1. The molecule has 0 radical (unpaired) electrons. The van der Waals surface area contributed by atoms with Crippen LogP contribution in [0.2, 0.25) is 0 Å². The van der Waals surface area contributed by atoms with Gasteiger partial charge in [0.05, 0.1) is 5.56 Å². The highest BCUT2D eigenvalue weighted by atomic mass is 16.3. The molecule has 0 saturated carbocycles. The normalized spacial score (nSPS) is 16.0. The summed E-state index contributed by atoms with van der Waals surface area (Å²) in [6.07, 6.45) is 3.03. The van der Waals surface area contributed by atoms with E-state index in [4.69, 9.17) is 4.42 Å². The van der Waals surface area contributed by atoms with E-state index >= 15 is 0 Å². The molecule has 1 fully saturated rings. The van der Waals surface area contributed by atoms with Gasteiger partial charge in [-0.25, -0.2) is 4.98 Å². The summed E-state index contributed by atoms with van der Waals surface area (Å²) in [5.41, 5.74) is 0.273. The second-order valence-electron chi connectivity index (χ2n) is 5.80. The Labute approximate surface area is 133 Å². The number of aromatic nitrogens is 2. The number of fused-ring (bicyclic) bond motifs is 1. The first-order chi connectivity index (χ1) is 11.0. The van der Waals surface area contributed by atoms with E-state index in [9.17, 15) is 9.59 Å². The molecule has 0 unspecified atom stereocenters. The van der Waals surface area contributed by atoms with Gasteiger partial charge >= 0.3 is 0 Å². The molecular formula is C16H20N4O3. The first-order valence-corrected chi connectivity index (χ1v) is 7.60. The molecule has 1 amide bonds. The van der Waals surface area contributed by atoms with Crippen LogP contribution in [0.4, 0.5) is 0 Å². The lowest BCUT2D eigenvalue weighted by atomic mass is 10.1. The van der Waals surface area contributed by atoms with Crippen molar-refractivity contribution in [3.05, 3.63) is 40.7 Å². The van der Waals surface area contributed by atoms with Crippen molar-refractivity contribution in [3.63, 3.8) is 0 Å². The number of rotatable bonds is 3. The van der Waals surface area contributed by atoms with E-state index in [-0.39, 0.29) is 22.6 Å². The summed E-state index contributed by atoms with van der Waals surface area (Å²) in [4.78, 5) is 33.6. The summed E-state index contributed by atoms with van der Waals surface area (Å²) < 4.78 is 6.96. The Hall–Kier alpha value is -2.41. The highest BCUT2D eigenvalue weighted by molar-refractivity contribution is 6.06. The molecule has 7 nitrogen and oxygen atoms in total. The maximum absolute atomic E-state index is 12.9. The van der Waals surface area contributed by atoms with E-state index in [0.717, 1.165) is 13.1 Å². The van der Waals surface area contributed by atoms with Crippen molar-refractivity contribution in [1.82, 2.24) is 19.4 Å². The van der Waals surface area contributed by atoms with Gasteiger partial charge in [0.2, 0.25) is 5.71 Å². The molecule has 0 aromatic carbocycles. The summed E-state index contributed by atoms with van der Waals surface area (Å²) in [6, 6.07) is 0. The van der Waals surface area contributed by atoms with Crippen molar-refractivity contribution in [2.75, 3.05) is 33.2 Å². The molecule has 0 N–H and O–H groups in total. The standard InChI is InChI=1S/C16H20N4O3/c1-4-5-20-10-17-14-13(16(20)22)12(11(2)23-14)15(21)19-8-6-18(3)7-9-19/h4,10H,1,5-9H2,2-3H3. The van der Waals surface area contributed by atoms with Gasteiger partial charge in [0, 0.05) is 32.7 Å². The van der Waals surface area contributed by atoms with Crippen LogP contribution in [-0.2, 0) is 6.54 Å². The fraction of sp³-hybridized carbons (Fsp3) is 0.438. The molecule has 23 heavy (non-hydrogen) atoms. The Morgan fingerprint density at radius 3 is 2.74 bits per heavy atom. The van der Waals surface area contributed by atoms with Gasteiger partial charge in [-0.2, -0.15) is 0 Å². The minimum Gasteiger partial charge on any atom is -0.442 e. The lowest BCUT2D eigenvalue weighted by molar-refractivity contribution is 0.0664. The lowest BCUT2D eigenvalue weighted by Gasteiger charge is -2.32. The van der Waals surface area contributed by atoms with Crippen molar-refractivity contribution in [2.45, 2.75) is 13.5 Å². The van der Waals surface area contributed by atoms with Gasteiger partial charge in [-0.3, -0.25) is 14.2 Å². The minimum absolute atomic E-state index is 0.162. The molecule has 2 aromatic heterocycles. The lowest BCUT2D eigenvalue weighted by Crippen LogP contribution is -2.47. The highest BCUT2D eigenvalue weighted by Gasteiger charge is 2.28. The number of nitrogens with zero attached hydrogens (tertiary/aromatic N) is 4. The summed E-state index contributed by atoms with van der Waals surface area (Å²) in [5.74, 6) is 0.273. The van der Waals surface area contributed by atoms with Crippen LogP contribution in [0.15, 0.2) is 28.2 Å². The first kappa shape index (κ1) is 15.5. The Morgan fingerprint density at radius 1 is 1.39 bits per heavy atom. The van der Waals surface area contributed by atoms with Crippen LogP contribution in [0.3, 0.4) is 0 Å². The molecule has 0 aliphatic carbocycles. The molecule has 1 aliphatic rings. The zero-order valence-corrected chi connectivity index (χ0v) is 13.4. The minimum atomic E-state index is -0.274. The highest BCUT2D eigenvalue weighted by Crippen LogP contribution is 2.23. The quantitative estimate of drug-likeness (QED) is 0.786. The molecule has 3 rings (SSSR count). The third-order valence-electron chi connectivity index (χ3n) is 4.18. The van der Waals surface area contributed by atoms with Gasteiger partial charge < -0.3 is 14.2 Å². The van der Waals surface area contributed by atoms with E-state index in [1.54, 1.807) is 17.9 Å². The maximum atomic E-state index is 12.9. The van der Waals surface area contributed by atoms with E-state index in [1.807, 2.05) is 7.05 Å². The summed E-state index contributed by atoms with van der Waals surface area (Å²) >= 11 is 0. The SMILES string of the molecule is C=CCn1cnc2oc(C)c(C(=O)N3CCN(C)CC3)c2c1=O. The van der Waals surface area contributed by atoms with E-state index < -0.39 is 0 Å². The third-order valence-corrected chi connectivity index (χ3v) is 4.18. The van der Waals surface area contributed by atoms with Gasteiger partial charge in [-0.1, -0.05) is 6.08 Å². The van der Waals surface area contributed by atoms with Crippen LogP contribution in [0.25, 0.3) is 11.1 Å². The van der Waals surface area contributed by atoms with E-state index in [0.29, 0.717) is 31.0 Å². The van der Waals surface area contributed by atoms with Gasteiger partial charge in [0.15, 0.2) is 0 Å². The summed E-state index contributed by atoms with van der Waals surface area (Å²) in [5, 5.41) is 0.260. The second kappa shape index (κ2) is 6.00. The number of hydrogen-bond donors (Lipinski definition) is 0. The van der Waals surface area contributed by atoms with Gasteiger partial charge in [0.25, 0.3) is 11.5 Å². The largest absolute Gasteiger partial charge is 0.442 e. The first-order valence-electron chi connectivity index (χ1n) is 7.60. The molecule has 1 aliphatic heterocycles. The Morgan fingerprint density at radius 2 is 2.09 bits per heavy atom. The zero-order chi connectivity index (χ0) is 16.6.